The molecule has 0 aliphatic carbocycles. The van der Waals surface area contributed by atoms with Gasteiger partial charge in [0.05, 0.1) is 16.5 Å². The molecule has 1 N–H and O–H groups in total. The first-order valence-electron chi connectivity index (χ1n) is 5.89. The first-order chi connectivity index (χ1) is 8.99. The minimum absolute atomic E-state index is 0.132. The number of aromatic nitrogens is 1. The van der Waals surface area contributed by atoms with Crippen LogP contribution in [-0.2, 0) is 0 Å². The summed E-state index contributed by atoms with van der Waals surface area (Å²) < 4.78 is 0. The molecule has 0 aliphatic heterocycles. The van der Waals surface area contributed by atoms with Crippen LogP contribution in [0.2, 0.25) is 0 Å². The lowest BCUT2D eigenvalue weighted by Gasteiger charge is -2.16. The van der Waals surface area contributed by atoms with Gasteiger partial charge in [0.25, 0.3) is 5.69 Å². The third kappa shape index (κ3) is 2.90. The molecule has 0 saturated heterocycles. The fourth-order valence-corrected chi connectivity index (χ4v) is 2.53. The smallest absolute Gasteiger partial charge is 0.272 e. The summed E-state index contributed by atoms with van der Waals surface area (Å²) in [6, 6.07) is 3.56. The number of thiazole rings is 1. The average Bonchev–Trinajstić information content (AvgIpc) is 2.86. The van der Waals surface area contributed by atoms with Crippen LogP contribution in [0.1, 0.15) is 29.0 Å². The van der Waals surface area contributed by atoms with Gasteiger partial charge in [-0.25, -0.2) is 0 Å². The van der Waals surface area contributed by atoms with E-state index in [1.165, 1.54) is 0 Å². The topological polar surface area (TPSA) is 68.1 Å². The molecular formula is C13H15N3O2S. The molecule has 0 saturated carbocycles. The Morgan fingerprint density at radius 3 is 2.68 bits per heavy atom. The lowest BCUT2D eigenvalue weighted by Crippen LogP contribution is -2.07. The largest absolute Gasteiger partial charge is 0.377 e. The summed E-state index contributed by atoms with van der Waals surface area (Å²) in [6.45, 7) is 5.66. The second kappa shape index (κ2) is 5.36. The summed E-state index contributed by atoms with van der Waals surface area (Å²) in [4.78, 5) is 15.7. The summed E-state index contributed by atoms with van der Waals surface area (Å²) in [5.74, 6) is 0. The molecule has 2 rings (SSSR count). The van der Waals surface area contributed by atoms with Crippen LogP contribution in [0.3, 0.4) is 0 Å². The molecule has 2 aromatic rings. The third-order valence-corrected chi connectivity index (χ3v) is 3.95. The number of rotatable bonds is 4. The number of hydrogen-bond donors (Lipinski definition) is 1. The number of nitro benzene ring substituents is 1. The fraction of sp³-hybridized carbons (Fsp3) is 0.308. The van der Waals surface area contributed by atoms with Crippen molar-refractivity contribution in [2.45, 2.75) is 26.8 Å². The molecule has 6 heteroatoms. The normalized spacial score (nSPS) is 12.2. The summed E-state index contributed by atoms with van der Waals surface area (Å²) in [6.07, 6.45) is 1.83. The van der Waals surface area contributed by atoms with Crippen molar-refractivity contribution >= 4 is 22.7 Å². The van der Waals surface area contributed by atoms with Gasteiger partial charge in [0.2, 0.25) is 0 Å². The second-order valence-corrected chi connectivity index (χ2v) is 5.40. The van der Waals surface area contributed by atoms with Gasteiger partial charge in [0.15, 0.2) is 0 Å². The molecule has 0 bridgehead atoms. The second-order valence-electron chi connectivity index (χ2n) is 4.48. The van der Waals surface area contributed by atoms with Gasteiger partial charge < -0.3 is 5.32 Å². The van der Waals surface area contributed by atoms with E-state index in [9.17, 15) is 10.1 Å². The van der Waals surface area contributed by atoms with Gasteiger partial charge in [-0.15, -0.1) is 11.3 Å². The maximum atomic E-state index is 10.9. The van der Waals surface area contributed by atoms with Crippen LogP contribution in [0.25, 0.3) is 0 Å². The molecule has 0 radical (unpaired) electrons. The Morgan fingerprint density at radius 1 is 1.37 bits per heavy atom. The Hall–Kier alpha value is -1.95. The Labute approximate surface area is 115 Å². The molecule has 19 heavy (non-hydrogen) atoms. The number of nitrogens with one attached hydrogen (secondary N) is 1. The van der Waals surface area contributed by atoms with Crippen molar-refractivity contribution in [2.24, 2.45) is 0 Å². The average molecular weight is 277 g/mol. The Morgan fingerprint density at radius 2 is 2.11 bits per heavy atom. The van der Waals surface area contributed by atoms with Gasteiger partial charge in [0.1, 0.15) is 0 Å². The lowest BCUT2D eigenvalue weighted by molar-refractivity contribution is -0.385. The highest BCUT2D eigenvalue weighted by Crippen LogP contribution is 2.29. The van der Waals surface area contributed by atoms with Gasteiger partial charge in [-0.05, 0) is 32.4 Å². The van der Waals surface area contributed by atoms with E-state index in [1.807, 2.05) is 26.1 Å². The molecule has 0 aliphatic rings. The molecule has 1 aromatic carbocycles. The van der Waals surface area contributed by atoms with Crippen molar-refractivity contribution in [1.29, 1.82) is 0 Å². The molecule has 0 spiro atoms. The van der Waals surface area contributed by atoms with Crippen LogP contribution in [0.4, 0.5) is 11.4 Å². The highest BCUT2D eigenvalue weighted by atomic mass is 32.1. The van der Waals surface area contributed by atoms with Gasteiger partial charge >= 0.3 is 0 Å². The first-order valence-corrected chi connectivity index (χ1v) is 6.77. The summed E-state index contributed by atoms with van der Waals surface area (Å²) in [7, 11) is 0. The van der Waals surface area contributed by atoms with Crippen LogP contribution >= 0.6 is 11.3 Å². The maximum absolute atomic E-state index is 10.9. The molecule has 0 fully saturated rings. The molecule has 1 aromatic heterocycles. The minimum Gasteiger partial charge on any atom is -0.377 e. The summed E-state index contributed by atoms with van der Waals surface area (Å²) in [5.41, 5.74) is 4.40. The zero-order valence-corrected chi connectivity index (χ0v) is 11.8. The first kappa shape index (κ1) is 13.5. The standard InChI is InChI=1S/C13H15N3O2S/c1-8-5-12(16(17)18)9(2)4-11(8)15-10(3)13-6-14-7-19-13/h4-7,10,15H,1-3H3. The Balaban J connectivity index is 2.26. The number of nitro groups is 1. The maximum Gasteiger partial charge on any atom is 0.272 e. The van der Waals surface area contributed by atoms with Crippen molar-refractivity contribution in [3.05, 3.63) is 50.0 Å². The monoisotopic (exact) mass is 277 g/mol. The summed E-state index contributed by atoms with van der Waals surface area (Å²) >= 11 is 1.59. The highest BCUT2D eigenvalue weighted by Gasteiger charge is 2.15. The van der Waals surface area contributed by atoms with E-state index in [0.29, 0.717) is 5.56 Å². The van der Waals surface area contributed by atoms with E-state index >= 15 is 0 Å². The number of aryl methyl sites for hydroxylation is 2. The number of hydrogen-bond acceptors (Lipinski definition) is 5. The Bertz CT molecular complexity index is 596. The van der Waals surface area contributed by atoms with Crippen molar-refractivity contribution < 1.29 is 4.92 Å². The van der Waals surface area contributed by atoms with Crippen LogP contribution in [0.15, 0.2) is 23.8 Å². The zero-order valence-electron chi connectivity index (χ0n) is 11.0. The van der Waals surface area contributed by atoms with Crippen LogP contribution in [0, 0.1) is 24.0 Å². The van der Waals surface area contributed by atoms with E-state index in [1.54, 1.807) is 29.8 Å². The molecule has 100 valence electrons. The van der Waals surface area contributed by atoms with Gasteiger partial charge in [-0.3, -0.25) is 15.1 Å². The van der Waals surface area contributed by atoms with Gasteiger partial charge in [0, 0.05) is 28.4 Å². The van der Waals surface area contributed by atoms with Crippen molar-refractivity contribution in [3.8, 4) is 0 Å². The minimum atomic E-state index is -0.348. The van der Waals surface area contributed by atoms with E-state index < -0.39 is 0 Å². The predicted molar refractivity (Wildman–Crippen MR) is 76.7 cm³/mol. The van der Waals surface area contributed by atoms with Crippen molar-refractivity contribution in [1.82, 2.24) is 4.98 Å². The van der Waals surface area contributed by atoms with Gasteiger partial charge in [-0.2, -0.15) is 0 Å². The van der Waals surface area contributed by atoms with E-state index in [4.69, 9.17) is 0 Å². The molecule has 1 unspecified atom stereocenters. The molecule has 1 atom stereocenters. The quantitative estimate of drug-likeness (QED) is 0.681. The van der Waals surface area contributed by atoms with E-state index in [0.717, 1.165) is 16.1 Å². The highest BCUT2D eigenvalue weighted by molar-refractivity contribution is 7.09. The van der Waals surface area contributed by atoms with Crippen LogP contribution in [0.5, 0.6) is 0 Å². The summed E-state index contributed by atoms with van der Waals surface area (Å²) in [5, 5.41) is 14.2. The SMILES string of the molecule is Cc1cc([N+](=O)[O-])c(C)cc1NC(C)c1cncs1. The number of benzene rings is 1. The predicted octanol–water partition coefficient (Wildman–Crippen LogP) is 3.84. The third-order valence-electron chi connectivity index (χ3n) is 2.99. The molecule has 5 nitrogen and oxygen atoms in total. The molecule has 0 amide bonds. The Kier molecular flexibility index (Phi) is 3.80. The van der Waals surface area contributed by atoms with Crippen molar-refractivity contribution in [3.63, 3.8) is 0 Å². The lowest BCUT2D eigenvalue weighted by atomic mass is 10.1. The van der Waals surface area contributed by atoms with E-state index in [2.05, 4.69) is 10.3 Å². The van der Waals surface area contributed by atoms with E-state index in [-0.39, 0.29) is 16.7 Å². The van der Waals surface area contributed by atoms with Crippen molar-refractivity contribution in [2.75, 3.05) is 5.32 Å². The fourth-order valence-electron chi connectivity index (χ4n) is 1.90. The van der Waals surface area contributed by atoms with Crippen LogP contribution in [-0.4, -0.2) is 9.91 Å². The molecule has 1 heterocycles. The molecular weight excluding hydrogens is 262 g/mol. The number of nitrogens with zero attached hydrogens (tertiary/aromatic N) is 2. The van der Waals surface area contributed by atoms with Gasteiger partial charge in [-0.1, -0.05) is 0 Å². The van der Waals surface area contributed by atoms with Crippen LogP contribution < -0.4 is 5.32 Å². The number of anilines is 1. The zero-order chi connectivity index (χ0) is 14.0.